The van der Waals surface area contributed by atoms with E-state index in [0.717, 1.165) is 0 Å². The van der Waals surface area contributed by atoms with Gasteiger partial charge in [0, 0.05) is 0 Å². The molecule has 0 N–H and O–H groups in total. The molecule has 0 amide bonds. The summed E-state index contributed by atoms with van der Waals surface area (Å²) in [6.07, 6.45) is 0. The zero-order chi connectivity index (χ0) is 25.1. The van der Waals surface area contributed by atoms with Gasteiger partial charge in [-0.15, -0.1) is 0 Å². The molecule has 8 aromatic rings. The van der Waals surface area contributed by atoms with Crippen LogP contribution in [0.25, 0.3) is 76.1 Å². The molecule has 0 bridgehead atoms. The van der Waals surface area contributed by atoms with E-state index in [-0.39, 0.29) is 0 Å². The highest BCUT2D eigenvalue weighted by Gasteiger charge is 2.10. The van der Waals surface area contributed by atoms with Crippen molar-refractivity contribution >= 4 is 53.9 Å². The Balaban J connectivity index is 1.27. The maximum absolute atomic E-state index is 2.35. The third kappa shape index (κ3) is 3.31. The first-order valence-electron chi connectivity index (χ1n) is 13.2. The van der Waals surface area contributed by atoms with Crippen LogP contribution in [-0.2, 0) is 0 Å². The van der Waals surface area contributed by atoms with E-state index in [9.17, 15) is 0 Å². The fraction of sp³-hybridized carbons (Fsp3) is 0. The molecule has 176 valence electrons. The fourth-order valence-electron chi connectivity index (χ4n) is 6.08. The van der Waals surface area contributed by atoms with E-state index in [2.05, 4.69) is 146 Å². The van der Waals surface area contributed by atoms with Gasteiger partial charge >= 0.3 is 0 Å². The molecule has 8 rings (SSSR count). The van der Waals surface area contributed by atoms with Gasteiger partial charge in [0.15, 0.2) is 0 Å². The molecule has 0 saturated heterocycles. The van der Waals surface area contributed by atoms with Crippen LogP contribution in [0.5, 0.6) is 0 Å². The molecule has 0 aliphatic heterocycles. The highest BCUT2D eigenvalue weighted by Crippen LogP contribution is 2.37. The molecule has 0 nitrogen and oxygen atoms in total. The Morgan fingerprint density at radius 2 is 0.684 bits per heavy atom. The number of benzene rings is 8. The Labute approximate surface area is 221 Å². The van der Waals surface area contributed by atoms with E-state index in [1.165, 1.54) is 76.1 Å². The van der Waals surface area contributed by atoms with E-state index < -0.39 is 0 Å². The summed E-state index contributed by atoms with van der Waals surface area (Å²) < 4.78 is 0. The third-order valence-corrected chi connectivity index (χ3v) is 8.00. The SMILES string of the molecule is c1ccc2cc(-c3ccc4c(ccc5cc(-c6cc7ccccc7c7ccccc67)ccc54)c3)ccc2c1. The Morgan fingerprint density at radius 3 is 1.45 bits per heavy atom. The van der Waals surface area contributed by atoms with Crippen LogP contribution in [0.3, 0.4) is 0 Å². The molecule has 0 radical (unpaired) electrons. The van der Waals surface area contributed by atoms with Gasteiger partial charge < -0.3 is 0 Å². The lowest BCUT2D eigenvalue weighted by atomic mass is 9.91. The topological polar surface area (TPSA) is 0 Å². The van der Waals surface area contributed by atoms with Crippen LogP contribution in [0.1, 0.15) is 0 Å². The van der Waals surface area contributed by atoms with Gasteiger partial charge in [-0.05, 0) is 100 Å². The van der Waals surface area contributed by atoms with Crippen molar-refractivity contribution in [3.63, 3.8) is 0 Å². The fourth-order valence-corrected chi connectivity index (χ4v) is 6.08. The number of hydrogen-bond acceptors (Lipinski definition) is 0. The van der Waals surface area contributed by atoms with Gasteiger partial charge in [0.2, 0.25) is 0 Å². The summed E-state index contributed by atoms with van der Waals surface area (Å²) in [7, 11) is 0. The second kappa shape index (κ2) is 8.30. The predicted molar refractivity (Wildman–Crippen MR) is 165 cm³/mol. The average molecular weight is 481 g/mol. The van der Waals surface area contributed by atoms with Crippen molar-refractivity contribution in [1.82, 2.24) is 0 Å². The quantitative estimate of drug-likeness (QED) is 0.216. The lowest BCUT2D eigenvalue weighted by molar-refractivity contribution is 1.67. The minimum Gasteiger partial charge on any atom is -0.0616 e. The molecule has 0 spiro atoms. The molecule has 0 saturated carbocycles. The van der Waals surface area contributed by atoms with Crippen LogP contribution in [0.4, 0.5) is 0 Å². The van der Waals surface area contributed by atoms with E-state index in [1.54, 1.807) is 0 Å². The lowest BCUT2D eigenvalue weighted by Crippen LogP contribution is -1.86. The minimum atomic E-state index is 1.25. The number of fused-ring (bicyclic) bond motifs is 7. The first-order chi connectivity index (χ1) is 18.8. The summed E-state index contributed by atoms with van der Waals surface area (Å²) in [5.41, 5.74) is 5.05. The summed E-state index contributed by atoms with van der Waals surface area (Å²) in [6.45, 7) is 0. The molecule has 38 heavy (non-hydrogen) atoms. The predicted octanol–water partition coefficient (Wildman–Crippen LogP) is 10.8. The molecule has 0 fully saturated rings. The molecule has 8 aromatic carbocycles. The standard InChI is InChI=1S/C38H24/c1-2-8-26-21-27(14-13-25(26)7-1)28-17-19-34-30(22-28)15-16-31-23-32(18-20-35(31)34)38-24-29-9-3-4-10-33(29)36-11-5-6-12-37(36)38/h1-24H. The Morgan fingerprint density at radius 1 is 0.237 bits per heavy atom. The van der Waals surface area contributed by atoms with E-state index in [0.29, 0.717) is 0 Å². The van der Waals surface area contributed by atoms with Crippen molar-refractivity contribution in [3.8, 4) is 22.3 Å². The largest absolute Gasteiger partial charge is 0.0616 e. The van der Waals surface area contributed by atoms with Crippen molar-refractivity contribution in [3.05, 3.63) is 146 Å². The van der Waals surface area contributed by atoms with E-state index >= 15 is 0 Å². The van der Waals surface area contributed by atoms with Crippen molar-refractivity contribution in [2.75, 3.05) is 0 Å². The van der Waals surface area contributed by atoms with Gasteiger partial charge in [-0.2, -0.15) is 0 Å². The Bertz CT molecular complexity index is 2180. The zero-order valence-electron chi connectivity index (χ0n) is 20.9. The maximum Gasteiger partial charge on any atom is -0.00988 e. The maximum atomic E-state index is 2.35. The van der Waals surface area contributed by atoms with Gasteiger partial charge in [-0.1, -0.05) is 121 Å². The van der Waals surface area contributed by atoms with Gasteiger partial charge in [0.05, 0.1) is 0 Å². The third-order valence-electron chi connectivity index (χ3n) is 8.00. The summed E-state index contributed by atoms with van der Waals surface area (Å²) in [5.74, 6) is 0. The highest BCUT2D eigenvalue weighted by molar-refractivity contribution is 6.15. The van der Waals surface area contributed by atoms with Crippen LogP contribution in [0, 0.1) is 0 Å². The molecule has 0 heteroatoms. The van der Waals surface area contributed by atoms with E-state index in [1.807, 2.05) is 0 Å². The molecule has 0 heterocycles. The first-order valence-corrected chi connectivity index (χ1v) is 13.2. The molecule has 0 aliphatic rings. The molecule has 0 atom stereocenters. The van der Waals surface area contributed by atoms with Gasteiger partial charge in [0.25, 0.3) is 0 Å². The second-order valence-electron chi connectivity index (χ2n) is 10.2. The Kier molecular flexibility index (Phi) is 4.62. The highest BCUT2D eigenvalue weighted by atomic mass is 14.1. The summed E-state index contributed by atoms with van der Waals surface area (Å²) in [4.78, 5) is 0. The minimum absolute atomic E-state index is 1.25. The average Bonchev–Trinajstić information content (AvgIpc) is 2.99. The van der Waals surface area contributed by atoms with Crippen molar-refractivity contribution in [2.24, 2.45) is 0 Å². The van der Waals surface area contributed by atoms with Crippen LogP contribution < -0.4 is 0 Å². The summed E-state index contributed by atoms with van der Waals surface area (Å²) in [6, 6.07) is 53.4. The van der Waals surface area contributed by atoms with Crippen LogP contribution in [0.2, 0.25) is 0 Å². The normalized spacial score (nSPS) is 11.7. The summed E-state index contributed by atoms with van der Waals surface area (Å²) in [5, 5.41) is 12.9. The second-order valence-corrected chi connectivity index (χ2v) is 10.2. The monoisotopic (exact) mass is 480 g/mol. The van der Waals surface area contributed by atoms with Crippen molar-refractivity contribution < 1.29 is 0 Å². The van der Waals surface area contributed by atoms with Crippen molar-refractivity contribution in [1.29, 1.82) is 0 Å². The van der Waals surface area contributed by atoms with Crippen molar-refractivity contribution in [2.45, 2.75) is 0 Å². The molecule has 0 aromatic heterocycles. The smallest absolute Gasteiger partial charge is 0.00988 e. The molecular weight excluding hydrogens is 456 g/mol. The number of hydrogen-bond donors (Lipinski definition) is 0. The number of rotatable bonds is 2. The molecule has 0 aliphatic carbocycles. The first kappa shape index (κ1) is 21.2. The lowest BCUT2D eigenvalue weighted by Gasteiger charge is -2.13. The zero-order valence-corrected chi connectivity index (χ0v) is 20.9. The van der Waals surface area contributed by atoms with Crippen LogP contribution in [-0.4, -0.2) is 0 Å². The van der Waals surface area contributed by atoms with Gasteiger partial charge in [-0.3, -0.25) is 0 Å². The van der Waals surface area contributed by atoms with Crippen LogP contribution in [0.15, 0.2) is 146 Å². The van der Waals surface area contributed by atoms with Gasteiger partial charge in [0.1, 0.15) is 0 Å². The molecular formula is C38H24. The summed E-state index contributed by atoms with van der Waals surface area (Å²) >= 11 is 0. The van der Waals surface area contributed by atoms with Crippen LogP contribution >= 0.6 is 0 Å². The van der Waals surface area contributed by atoms with E-state index in [4.69, 9.17) is 0 Å². The Hall–Kier alpha value is -4.94. The molecule has 0 unspecified atom stereocenters. The van der Waals surface area contributed by atoms with Gasteiger partial charge in [-0.25, -0.2) is 0 Å².